The van der Waals surface area contributed by atoms with Gasteiger partial charge in [-0.25, -0.2) is 5.48 Å². The van der Waals surface area contributed by atoms with Crippen LogP contribution in [0.5, 0.6) is 0 Å². The van der Waals surface area contributed by atoms with Gasteiger partial charge in [0.25, 0.3) is 5.91 Å². The highest BCUT2D eigenvalue weighted by Crippen LogP contribution is 2.05. The molecule has 0 aromatic carbocycles. The van der Waals surface area contributed by atoms with Gasteiger partial charge in [-0.15, -0.1) is 0 Å². The fraction of sp³-hybridized carbons (Fsp3) is 0.600. The molecule has 0 fully saturated rings. The molecule has 0 saturated carbocycles. The van der Waals surface area contributed by atoms with Crippen molar-refractivity contribution in [3.63, 3.8) is 0 Å². The van der Waals surface area contributed by atoms with E-state index in [1.54, 1.807) is 10.7 Å². The highest BCUT2D eigenvalue weighted by molar-refractivity contribution is 5.91. The average Bonchev–Trinajstić information content (AvgIpc) is 2.69. The van der Waals surface area contributed by atoms with Gasteiger partial charge in [-0.05, 0) is 26.3 Å². The monoisotopic (exact) mass is 211 g/mol. The Labute approximate surface area is 89.4 Å². The van der Waals surface area contributed by atoms with Crippen molar-refractivity contribution in [1.82, 2.24) is 15.3 Å². The first-order chi connectivity index (χ1) is 7.22. The van der Waals surface area contributed by atoms with Gasteiger partial charge in [-0.1, -0.05) is 6.92 Å². The van der Waals surface area contributed by atoms with E-state index in [4.69, 9.17) is 4.84 Å². The molecule has 0 saturated heterocycles. The van der Waals surface area contributed by atoms with Crippen LogP contribution in [0.2, 0.25) is 0 Å². The second kappa shape index (κ2) is 5.50. The normalized spacial score (nSPS) is 10.3. The lowest BCUT2D eigenvalue weighted by molar-refractivity contribution is 0.0355. The minimum absolute atomic E-state index is 0.245. The molecule has 15 heavy (non-hydrogen) atoms. The summed E-state index contributed by atoms with van der Waals surface area (Å²) < 4.78 is 1.67. The second-order valence-corrected chi connectivity index (χ2v) is 3.05. The molecule has 0 spiro atoms. The van der Waals surface area contributed by atoms with Crippen molar-refractivity contribution < 1.29 is 9.63 Å². The summed E-state index contributed by atoms with van der Waals surface area (Å²) in [6, 6.07) is 1.79. The maximum absolute atomic E-state index is 11.6. The third-order valence-corrected chi connectivity index (χ3v) is 2.03. The molecule has 0 atom stereocenters. The van der Waals surface area contributed by atoms with Gasteiger partial charge in [0.1, 0.15) is 5.69 Å². The van der Waals surface area contributed by atoms with Gasteiger partial charge in [-0.3, -0.25) is 14.3 Å². The summed E-state index contributed by atoms with van der Waals surface area (Å²) >= 11 is 0. The molecule has 0 radical (unpaired) electrons. The van der Waals surface area contributed by atoms with Crippen LogP contribution in [0.3, 0.4) is 0 Å². The Bertz CT molecular complexity index is 333. The Morgan fingerprint density at radius 1 is 1.53 bits per heavy atom. The lowest BCUT2D eigenvalue weighted by atomic mass is 10.3. The maximum Gasteiger partial charge on any atom is 0.293 e. The lowest BCUT2D eigenvalue weighted by Crippen LogP contribution is -2.26. The van der Waals surface area contributed by atoms with Crippen LogP contribution in [-0.4, -0.2) is 22.3 Å². The first-order valence-electron chi connectivity index (χ1n) is 5.21. The van der Waals surface area contributed by atoms with E-state index in [0.29, 0.717) is 18.8 Å². The maximum atomic E-state index is 11.6. The van der Waals surface area contributed by atoms with Gasteiger partial charge in [0.15, 0.2) is 0 Å². The molecule has 0 bridgehead atoms. The molecule has 84 valence electrons. The van der Waals surface area contributed by atoms with E-state index in [9.17, 15) is 4.79 Å². The minimum Gasteiger partial charge on any atom is -0.274 e. The summed E-state index contributed by atoms with van der Waals surface area (Å²) in [5, 5.41) is 4.28. The van der Waals surface area contributed by atoms with Crippen molar-refractivity contribution in [3.05, 3.63) is 17.5 Å². The van der Waals surface area contributed by atoms with E-state index >= 15 is 0 Å². The molecule has 1 heterocycles. The number of hydrogen-bond donors (Lipinski definition) is 1. The average molecular weight is 211 g/mol. The number of hydrogen-bond acceptors (Lipinski definition) is 3. The number of carbonyl (C=O) groups is 1. The fourth-order valence-electron chi connectivity index (χ4n) is 1.26. The number of hydroxylamine groups is 1. The van der Waals surface area contributed by atoms with Gasteiger partial charge in [0.05, 0.1) is 12.3 Å². The quantitative estimate of drug-likeness (QED) is 0.743. The van der Waals surface area contributed by atoms with Crippen LogP contribution in [-0.2, 0) is 17.8 Å². The third kappa shape index (κ3) is 2.79. The van der Waals surface area contributed by atoms with Crippen molar-refractivity contribution in [3.8, 4) is 0 Å². The van der Waals surface area contributed by atoms with Gasteiger partial charge in [-0.2, -0.15) is 5.10 Å². The van der Waals surface area contributed by atoms with Crippen molar-refractivity contribution in [2.24, 2.45) is 0 Å². The minimum atomic E-state index is -0.245. The van der Waals surface area contributed by atoms with Crippen molar-refractivity contribution in [2.45, 2.75) is 33.7 Å². The number of rotatable bonds is 5. The predicted octanol–water partition coefficient (Wildman–Crippen LogP) is 1.15. The van der Waals surface area contributed by atoms with Crippen LogP contribution >= 0.6 is 0 Å². The van der Waals surface area contributed by atoms with Gasteiger partial charge in [0, 0.05) is 6.54 Å². The van der Waals surface area contributed by atoms with E-state index in [0.717, 1.165) is 12.1 Å². The zero-order valence-electron chi connectivity index (χ0n) is 9.41. The molecule has 5 nitrogen and oxygen atoms in total. The number of carbonyl (C=O) groups excluding carboxylic acids is 1. The molecule has 0 aliphatic rings. The molecule has 5 heteroatoms. The summed E-state index contributed by atoms with van der Waals surface area (Å²) in [7, 11) is 0. The summed E-state index contributed by atoms with van der Waals surface area (Å²) in [6.45, 7) is 6.90. The zero-order chi connectivity index (χ0) is 11.3. The Hall–Kier alpha value is -1.36. The van der Waals surface area contributed by atoms with Crippen LogP contribution in [0.25, 0.3) is 0 Å². The van der Waals surface area contributed by atoms with Crippen molar-refractivity contribution in [1.29, 1.82) is 0 Å². The summed E-state index contributed by atoms with van der Waals surface area (Å²) in [6.07, 6.45) is 0.821. The van der Waals surface area contributed by atoms with Crippen LogP contribution < -0.4 is 5.48 Å². The van der Waals surface area contributed by atoms with Crippen LogP contribution in [0.4, 0.5) is 0 Å². The zero-order valence-corrected chi connectivity index (χ0v) is 9.41. The Kier molecular flexibility index (Phi) is 4.30. The van der Waals surface area contributed by atoms with E-state index in [1.807, 2.05) is 20.8 Å². The molecule has 1 amide bonds. The number of nitrogens with one attached hydrogen (secondary N) is 1. The van der Waals surface area contributed by atoms with E-state index in [-0.39, 0.29) is 5.91 Å². The Morgan fingerprint density at radius 2 is 2.27 bits per heavy atom. The van der Waals surface area contributed by atoms with Crippen LogP contribution in [0, 0.1) is 0 Å². The molecular formula is C10H17N3O2. The predicted molar refractivity (Wildman–Crippen MR) is 56.4 cm³/mol. The number of aryl methyl sites for hydroxylation is 2. The standard InChI is InChI=1S/C10H17N3O2/c1-4-8-7-9(13(5-2)11-8)10(14)12-15-6-3/h7H,4-6H2,1-3H3,(H,12,14). The summed E-state index contributed by atoms with van der Waals surface area (Å²) in [4.78, 5) is 16.5. The first kappa shape index (κ1) is 11.7. The highest BCUT2D eigenvalue weighted by Gasteiger charge is 2.13. The number of aromatic nitrogens is 2. The topological polar surface area (TPSA) is 56.1 Å². The van der Waals surface area contributed by atoms with Crippen LogP contribution in [0.1, 0.15) is 37.0 Å². The SMILES string of the molecule is CCONC(=O)c1cc(CC)nn1CC. The van der Waals surface area contributed by atoms with Gasteiger partial charge >= 0.3 is 0 Å². The van der Waals surface area contributed by atoms with E-state index in [1.165, 1.54) is 0 Å². The number of amides is 1. The van der Waals surface area contributed by atoms with E-state index in [2.05, 4.69) is 10.6 Å². The molecule has 0 aliphatic heterocycles. The van der Waals surface area contributed by atoms with Crippen molar-refractivity contribution >= 4 is 5.91 Å². The molecule has 1 aromatic rings. The first-order valence-corrected chi connectivity index (χ1v) is 5.21. The van der Waals surface area contributed by atoms with E-state index < -0.39 is 0 Å². The lowest BCUT2D eigenvalue weighted by Gasteiger charge is -2.04. The molecule has 1 N–H and O–H groups in total. The van der Waals surface area contributed by atoms with Crippen molar-refractivity contribution in [2.75, 3.05) is 6.61 Å². The Morgan fingerprint density at radius 3 is 2.80 bits per heavy atom. The highest BCUT2D eigenvalue weighted by atomic mass is 16.6. The largest absolute Gasteiger partial charge is 0.293 e. The fourth-order valence-corrected chi connectivity index (χ4v) is 1.26. The molecule has 1 rings (SSSR count). The Balaban J connectivity index is 2.81. The summed E-state index contributed by atoms with van der Waals surface area (Å²) in [5.74, 6) is -0.245. The smallest absolute Gasteiger partial charge is 0.274 e. The molecular weight excluding hydrogens is 194 g/mol. The second-order valence-electron chi connectivity index (χ2n) is 3.05. The molecule has 0 aliphatic carbocycles. The van der Waals surface area contributed by atoms with Crippen LogP contribution in [0.15, 0.2) is 6.07 Å². The van der Waals surface area contributed by atoms with Gasteiger partial charge < -0.3 is 0 Å². The summed E-state index contributed by atoms with van der Waals surface area (Å²) in [5.41, 5.74) is 3.82. The molecule has 0 unspecified atom stereocenters. The van der Waals surface area contributed by atoms with Gasteiger partial charge in [0.2, 0.25) is 0 Å². The molecule has 1 aromatic heterocycles. The third-order valence-electron chi connectivity index (χ3n) is 2.03. The number of nitrogens with zero attached hydrogens (tertiary/aromatic N) is 2.